The molecular formula is C22H17FN4O. The topological polar surface area (TPSA) is 80.0 Å². The maximum atomic E-state index is 13.7. The second kappa shape index (κ2) is 7.36. The molecule has 138 valence electrons. The molecule has 0 spiro atoms. The van der Waals surface area contributed by atoms with Gasteiger partial charge in [0.05, 0.1) is 28.1 Å². The van der Waals surface area contributed by atoms with Gasteiger partial charge in [-0.2, -0.15) is 0 Å². The van der Waals surface area contributed by atoms with Crippen LogP contribution in [0.4, 0.5) is 15.8 Å². The van der Waals surface area contributed by atoms with Gasteiger partial charge in [0, 0.05) is 10.9 Å². The van der Waals surface area contributed by atoms with Gasteiger partial charge < -0.3 is 5.73 Å². The fourth-order valence-corrected chi connectivity index (χ4v) is 3.04. The number of carbonyl (C=O) groups excluding carboxylic acids is 1. The van der Waals surface area contributed by atoms with Gasteiger partial charge in [0.1, 0.15) is 5.82 Å². The minimum absolute atomic E-state index is 0.191. The van der Waals surface area contributed by atoms with Crippen LogP contribution in [0.1, 0.15) is 10.4 Å². The summed E-state index contributed by atoms with van der Waals surface area (Å²) in [5.74, 6) is -0.804. The minimum Gasteiger partial charge on any atom is -0.396 e. The lowest BCUT2D eigenvalue weighted by molar-refractivity contribution is 0.0965. The van der Waals surface area contributed by atoms with E-state index in [1.54, 1.807) is 24.3 Å². The van der Waals surface area contributed by atoms with Crippen LogP contribution in [-0.2, 0) is 0 Å². The third-order valence-corrected chi connectivity index (χ3v) is 4.35. The number of pyridine rings is 1. The highest BCUT2D eigenvalue weighted by Gasteiger charge is 2.20. The van der Waals surface area contributed by atoms with E-state index in [1.807, 2.05) is 42.5 Å². The number of fused-ring (bicyclic) bond motifs is 1. The number of rotatable bonds is 4. The number of hydrogen-bond acceptors (Lipinski definition) is 4. The summed E-state index contributed by atoms with van der Waals surface area (Å²) < 4.78 is 13.7. The van der Waals surface area contributed by atoms with E-state index in [1.165, 1.54) is 12.1 Å². The molecule has 0 aliphatic heterocycles. The predicted octanol–water partition coefficient (Wildman–Crippen LogP) is 4.38. The van der Waals surface area contributed by atoms with Crippen LogP contribution >= 0.6 is 0 Å². The molecule has 3 aromatic carbocycles. The molecule has 1 aromatic heterocycles. The first kappa shape index (κ1) is 17.5. The van der Waals surface area contributed by atoms with E-state index in [2.05, 4.69) is 15.8 Å². The molecule has 0 saturated heterocycles. The number of nitrogens with one attached hydrogen (secondary N) is 2. The van der Waals surface area contributed by atoms with Crippen LogP contribution in [-0.4, -0.2) is 10.9 Å². The number of halogens is 1. The van der Waals surface area contributed by atoms with Crippen molar-refractivity contribution in [3.05, 3.63) is 90.2 Å². The zero-order valence-corrected chi connectivity index (χ0v) is 14.8. The molecule has 0 bridgehead atoms. The fraction of sp³-hybridized carbons (Fsp3) is 0. The number of aromatic nitrogens is 1. The molecule has 5 nitrogen and oxygen atoms in total. The Kier molecular flexibility index (Phi) is 4.60. The summed E-state index contributed by atoms with van der Waals surface area (Å²) >= 11 is 0. The lowest BCUT2D eigenvalue weighted by Gasteiger charge is -2.15. The maximum absolute atomic E-state index is 13.7. The quantitative estimate of drug-likeness (QED) is 0.465. The zero-order chi connectivity index (χ0) is 19.5. The molecular weight excluding hydrogens is 355 g/mol. The zero-order valence-electron chi connectivity index (χ0n) is 14.8. The van der Waals surface area contributed by atoms with E-state index < -0.39 is 11.7 Å². The summed E-state index contributed by atoms with van der Waals surface area (Å²) in [7, 11) is 0. The molecule has 0 saturated carbocycles. The van der Waals surface area contributed by atoms with Gasteiger partial charge >= 0.3 is 0 Å². The largest absolute Gasteiger partial charge is 0.396 e. The van der Waals surface area contributed by atoms with Crippen molar-refractivity contribution >= 4 is 28.2 Å². The van der Waals surface area contributed by atoms with Gasteiger partial charge in [-0.25, -0.2) is 9.37 Å². The second-order valence-electron chi connectivity index (χ2n) is 6.22. The number of para-hydroxylation sites is 2. The van der Waals surface area contributed by atoms with Crippen LogP contribution in [0.15, 0.2) is 78.9 Å². The molecule has 1 amide bonds. The molecule has 28 heavy (non-hydrogen) atoms. The molecule has 0 atom stereocenters. The number of nitrogen functional groups attached to an aromatic ring is 1. The van der Waals surface area contributed by atoms with Crippen molar-refractivity contribution in [1.82, 2.24) is 10.4 Å². The molecule has 4 rings (SSSR count). The van der Waals surface area contributed by atoms with Gasteiger partial charge in [-0.1, -0.05) is 48.5 Å². The van der Waals surface area contributed by atoms with E-state index >= 15 is 0 Å². The third-order valence-electron chi connectivity index (χ3n) is 4.35. The van der Waals surface area contributed by atoms with Gasteiger partial charge in [-0.3, -0.25) is 15.6 Å². The monoisotopic (exact) mass is 372 g/mol. The van der Waals surface area contributed by atoms with E-state index in [9.17, 15) is 9.18 Å². The Bertz CT molecular complexity index is 1160. The highest BCUT2D eigenvalue weighted by Crippen LogP contribution is 2.32. The van der Waals surface area contributed by atoms with Crippen molar-refractivity contribution in [2.45, 2.75) is 0 Å². The number of nitrogens with zero attached hydrogens (tertiary/aromatic N) is 1. The van der Waals surface area contributed by atoms with Crippen LogP contribution < -0.4 is 16.6 Å². The number of hydrazine groups is 1. The van der Waals surface area contributed by atoms with Crippen LogP contribution in [0.3, 0.4) is 0 Å². The summed E-state index contributed by atoms with van der Waals surface area (Å²) in [6, 6.07) is 22.4. The van der Waals surface area contributed by atoms with Crippen molar-refractivity contribution in [3.8, 4) is 11.3 Å². The van der Waals surface area contributed by atoms with Gasteiger partial charge in [-0.05, 0) is 30.3 Å². The van der Waals surface area contributed by atoms with Gasteiger partial charge in [0.2, 0.25) is 0 Å². The third kappa shape index (κ3) is 3.35. The first-order chi connectivity index (χ1) is 13.6. The maximum Gasteiger partial charge on any atom is 0.272 e. The van der Waals surface area contributed by atoms with E-state index in [0.717, 1.165) is 5.69 Å². The lowest BCUT2D eigenvalue weighted by atomic mass is 10.0. The number of carbonyl (C=O) groups is 1. The summed E-state index contributed by atoms with van der Waals surface area (Å²) in [5.41, 5.74) is 14.5. The summed E-state index contributed by atoms with van der Waals surface area (Å²) in [6.45, 7) is 0. The molecule has 4 aromatic rings. The number of anilines is 2. The van der Waals surface area contributed by atoms with Crippen molar-refractivity contribution in [1.29, 1.82) is 0 Å². The van der Waals surface area contributed by atoms with Crippen LogP contribution in [0.2, 0.25) is 0 Å². The van der Waals surface area contributed by atoms with Gasteiger partial charge in [-0.15, -0.1) is 0 Å². The Hall–Kier alpha value is -3.93. The van der Waals surface area contributed by atoms with Crippen molar-refractivity contribution in [2.75, 3.05) is 11.2 Å². The molecule has 0 aliphatic rings. The average Bonchev–Trinajstić information content (AvgIpc) is 2.72. The predicted molar refractivity (Wildman–Crippen MR) is 109 cm³/mol. The molecule has 4 N–H and O–H groups in total. The number of hydrogen-bond donors (Lipinski definition) is 3. The number of amides is 1. The Morgan fingerprint density at radius 1 is 0.929 bits per heavy atom. The summed E-state index contributed by atoms with van der Waals surface area (Å²) in [6.07, 6.45) is 0. The van der Waals surface area contributed by atoms with E-state index in [-0.39, 0.29) is 11.3 Å². The van der Waals surface area contributed by atoms with E-state index in [0.29, 0.717) is 22.2 Å². The second-order valence-corrected chi connectivity index (χ2v) is 6.22. The lowest BCUT2D eigenvalue weighted by Crippen LogP contribution is -2.30. The molecule has 0 unspecified atom stereocenters. The van der Waals surface area contributed by atoms with Crippen molar-refractivity contribution in [3.63, 3.8) is 0 Å². The van der Waals surface area contributed by atoms with Crippen LogP contribution in [0, 0.1) is 5.82 Å². The molecule has 0 fully saturated rings. The fourth-order valence-electron chi connectivity index (χ4n) is 3.04. The van der Waals surface area contributed by atoms with Crippen molar-refractivity contribution < 1.29 is 9.18 Å². The smallest absolute Gasteiger partial charge is 0.272 e. The highest BCUT2D eigenvalue weighted by atomic mass is 19.1. The Labute approximate surface area is 161 Å². The number of nitrogens with two attached hydrogens (primary N) is 1. The highest BCUT2D eigenvalue weighted by molar-refractivity contribution is 6.13. The summed E-state index contributed by atoms with van der Waals surface area (Å²) in [5, 5.41) is 0.618. The van der Waals surface area contributed by atoms with Gasteiger partial charge in [0.25, 0.3) is 5.91 Å². The standard InChI is InChI=1S/C22H17FN4O/c23-15-8-6-7-14(13-15)21-20(24)19(17-11-4-5-12-18(17)25-21)22(28)27-26-16-9-2-1-3-10-16/h1-13,26H,24H2,(H,27,28). The van der Waals surface area contributed by atoms with E-state index in [4.69, 9.17) is 5.73 Å². The molecule has 1 heterocycles. The summed E-state index contributed by atoms with van der Waals surface area (Å²) in [4.78, 5) is 17.5. The average molecular weight is 372 g/mol. The first-order valence-corrected chi connectivity index (χ1v) is 8.69. The first-order valence-electron chi connectivity index (χ1n) is 8.69. The molecule has 6 heteroatoms. The molecule has 0 aliphatic carbocycles. The van der Waals surface area contributed by atoms with Crippen LogP contribution in [0.5, 0.6) is 0 Å². The Morgan fingerprint density at radius 3 is 2.46 bits per heavy atom. The minimum atomic E-state index is -0.405. The Balaban J connectivity index is 1.80. The molecule has 0 radical (unpaired) electrons. The normalized spacial score (nSPS) is 10.6. The SMILES string of the molecule is Nc1c(-c2cccc(F)c2)nc2ccccc2c1C(=O)NNc1ccccc1. The van der Waals surface area contributed by atoms with Crippen LogP contribution in [0.25, 0.3) is 22.2 Å². The van der Waals surface area contributed by atoms with Gasteiger partial charge in [0.15, 0.2) is 0 Å². The van der Waals surface area contributed by atoms with Crippen molar-refractivity contribution in [2.24, 2.45) is 0 Å². The Morgan fingerprint density at radius 2 is 1.68 bits per heavy atom. The number of benzene rings is 3.